The third-order valence-electron chi connectivity index (χ3n) is 2.85. The van der Waals surface area contributed by atoms with Crippen molar-refractivity contribution < 1.29 is 0 Å². The van der Waals surface area contributed by atoms with Gasteiger partial charge in [0, 0.05) is 11.5 Å². The zero-order chi connectivity index (χ0) is 12.7. The maximum Gasteiger partial charge on any atom is 0.152 e. The second kappa shape index (κ2) is 4.23. The monoisotopic (exact) mass is 317 g/mol. The number of rotatable bonds is 1. The Morgan fingerprint density at radius 2 is 2.22 bits per heavy atom. The predicted molar refractivity (Wildman–Crippen MR) is 76.4 cm³/mol. The molecule has 2 heterocycles. The van der Waals surface area contributed by atoms with Gasteiger partial charge in [-0.2, -0.15) is 5.26 Å². The lowest BCUT2D eigenvalue weighted by molar-refractivity contribution is 0.962. The second-order valence-electron chi connectivity index (χ2n) is 3.88. The van der Waals surface area contributed by atoms with E-state index in [1.54, 1.807) is 17.4 Å². The molecule has 18 heavy (non-hydrogen) atoms. The van der Waals surface area contributed by atoms with Gasteiger partial charge in [-0.15, -0.1) is 11.3 Å². The molecule has 0 fully saturated rings. The van der Waals surface area contributed by atoms with Crippen molar-refractivity contribution in [3.05, 3.63) is 39.7 Å². The third-order valence-corrected chi connectivity index (χ3v) is 4.69. The molecule has 0 saturated heterocycles. The fourth-order valence-corrected chi connectivity index (χ4v) is 3.53. The van der Waals surface area contributed by atoms with Gasteiger partial charge >= 0.3 is 0 Å². The van der Waals surface area contributed by atoms with Crippen molar-refractivity contribution in [1.82, 2.24) is 9.55 Å². The van der Waals surface area contributed by atoms with Crippen LogP contribution in [0.15, 0.2) is 34.1 Å². The van der Waals surface area contributed by atoms with Crippen LogP contribution >= 0.6 is 27.3 Å². The van der Waals surface area contributed by atoms with E-state index in [0.29, 0.717) is 5.56 Å². The van der Waals surface area contributed by atoms with E-state index in [9.17, 15) is 0 Å². The fraction of sp³-hybridized carbons (Fsp3) is 0.0769. The highest BCUT2D eigenvalue weighted by Crippen LogP contribution is 2.34. The maximum atomic E-state index is 9.12. The number of hydrogen-bond donors (Lipinski definition) is 0. The number of para-hydroxylation sites is 1. The molecule has 5 heteroatoms. The summed E-state index contributed by atoms with van der Waals surface area (Å²) in [5.41, 5.74) is 2.35. The number of nitriles is 1. The van der Waals surface area contributed by atoms with Gasteiger partial charge < -0.3 is 4.57 Å². The quantitative estimate of drug-likeness (QED) is 0.682. The van der Waals surface area contributed by atoms with Crippen LogP contribution < -0.4 is 0 Å². The molecule has 0 bridgehead atoms. The van der Waals surface area contributed by atoms with E-state index >= 15 is 0 Å². The van der Waals surface area contributed by atoms with Crippen LogP contribution in [0.2, 0.25) is 0 Å². The molecule has 3 nitrogen and oxygen atoms in total. The number of hydrogen-bond acceptors (Lipinski definition) is 3. The van der Waals surface area contributed by atoms with E-state index in [1.165, 1.54) is 0 Å². The number of fused-ring (bicyclic) bond motifs is 1. The van der Waals surface area contributed by atoms with Crippen LogP contribution in [0.3, 0.4) is 0 Å². The molecule has 0 unspecified atom stereocenters. The highest BCUT2D eigenvalue weighted by atomic mass is 79.9. The summed E-state index contributed by atoms with van der Waals surface area (Å²) in [7, 11) is 1.97. The molecule has 0 saturated carbocycles. The smallest absolute Gasteiger partial charge is 0.152 e. The molecule has 3 rings (SSSR count). The van der Waals surface area contributed by atoms with Crippen LogP contribution in [-0.2, 0) is 7.05 Å². The van der Waals surface area contributed by atoms with Gasteiger partial charge in [0.05, 0.1) is 16.0 Å². The van der Waals surface area contributed by atoms with E-state index < -0.39 is 0 Å². The van der Waals surface area contributed by atoms with Crippen molar-refractivity contribution in [3.8, 4) is 16.8 Å². The molecule has 0 N–H and O–H groups in total. The van der Waals surface area contributed by atoms with Crippen LogP contribution in [0.1, 0.15) is 5.56 Å². The van der Waals surface area contributed by atoms with Gasteiger partial charge in [-0.05, 0) is 39.5 Å². The van der Waals surface area contributed by atoms with Crippen LogP contribution in [0, 0.1) is 11.3 Å². The molecule has 88 valence electrons. The summed E-state index contributed by atoms with van der Waals surface area (Å²) in [6.07, 6.45) is 0. The van der Waals surface area contributed by atoms with Gasteiger partial charge in [-0.1, -0.05) is 6.07 Å². The first-order valence-corrected chi connectivity index (χ1v) is 6.98. The average Bonchev–Trinajstić information content (AvgIpc) is 2.93. The fourth-order valence-electron chi connectivity index (χ4n) is 1.96. The molecule has 1 aromatic carbocycles. The number of aromatic nitrogens is 2. The first kappa shape index (κ1) is 11.5. The minimum atomic E-state index is 0.613. The van der Waals surface area contributed by atoms with E-state index in [2.05, 4.69) is 27.0 Å². The van der Waals surface area contributed by atoms with E-state index in [-0.39, 0.29) is 0 Å². The molecule has 0 radical (unpaired) electrons. The lowest BCUT2D eigenvalue weighted by Crippen LogP contribution is -1.90. The Bertz CT molecular complexity index is 779. The summed E-state index contributed by atoms with van der Waals surface area (Å²) < 4.78 is 3.05. The predicted octanol–water partition coefficient (Wildman–Crippen LogP) is 3.94. The molecule has 0 aliphatic rings. The molecule has 0 amide bonds. The summed E-state index contributed by atoms with van der Waals surface area (Å²) >= 11 is 5.15. The topological polar surface area (TPSA) is 41.6 Å². The van der Waals surface area contributed by atoms with Gasteiger partial charge in [-0.25, -0.2) is 4.98 Å². The Hall–Kier alpha value is -1.64. The highest BCUT2D eigenvalue weighted by Gasteiger charge is 2.15. The molecular formula is C13H8BrN3S. The van der Waals surface area contributed by atoms with Gasteiger partial charge in [0.2, 0.25) is 0 Å². The largest absolute Gasteiger partial charge is 0.326 e. The molecular weight excluding hydrogens is 310 g/mol. The number of imidazole rings is 1. The number of nitrogens with zero attached hydrogens (tertiary/aromatic N) is 3. The number of aryl methyl sites for hydroxylation is 1. The van der Waals surface area contributed by atoms with Gasteiger partial charge in [0.25, 0.3) is 0 Å². The zero-order valence-electron chi connectivity index (χ0n) is 9.51. The van der Waals surface area contributed by atoms with Gasteiger partial charge in [0.1, 0.15) is 11.6 Å². The van der Waals surface area contributed by atoms with Gasteiger partial charge in [0.15, 0.2) is 5.82 Å². The van der Waals surface area contributed by atoms with Crippen molar-refractivity contribution in [2.75, 3.05) is 0 Å². The van der Waals surface area contributed by atoms with Crippen LogP contribution in [0.5, 0.6) is 0 Å². The molecule has 0 aliphatic carbocycles. The third kappa shape index (κ3) is 1.57. The van der Waals surface area contributed by atoms with Crippen molar-refractivity contribution in [2.24, 2.45) is 7.05 Å². The summed E-state index contributed by atoms with van der Waals surface area (Å²) in [6, 6.07) is 9.85. The maximum absolute atomic E-state index is 9.12. The van der Waals surface area contributed by atoms with Crippen LogP contribution in [-0.4, -0.2) is 9.55 Å². The first-order valence-electron chi connectivity index (χ1n) is 5.31. The lowest BCUT2D eigenvalue weighted by Gasteiger charge is -2.00. The minimum Gasteiger partial charge on any atom is -0.326 e. The van der Waals surface area contributed by atoms with Crippen LogP contribution in [0.4, 0.5) is 0 Å². The van der Waals surface area contributed by atoms with E-state index in [1.807, 2.05) is 35.2 Å². The minimum absolute atomic E-state index is 0.613. The second-order valence-corrected chi connectivity index (χ2v) is 5.65. The Morgan fingerprint density at radius 1 is 1.39 bits per heavy atom. The number of halogens is 1. The number of benzene rings is 1. The summed E-state index contributed by atoms with van der Waals surface area (Å²) in [5.74, 6) is 0.884. The Morgan fingerprint density at radius 3 is 2.89 bits per heavy atom. The molecule has 0 aliphatic heterocycles. The summed E-state index contributed by atoms with van der Waals surface area (Å²) in [4.78, 5) is 5.69. The molecule has 3 aromatic rings. The molecule has 0 atom stereocenters. The van der Waals surface area contributed by atoms with E-state index in [4.69, 9.17) is 5.26 Å². The normalized spacial score (nSPS) is 10.7. The Kier molecular flexibility index (Phi) is 2.69. The Balaban J connectivity index is 2.37. The van der Waals surface area contributed by atoms with Crippen molar-refractivity contribution in [3.63, 3.8) is 0 Å². The zero-order valence-corrected chi connectivity index (χ0v) is 11.9. The standard InChI is InChI=1S/C13H8BrN3S/c1-17-10-4-2-3-8(7-15)11(10)16-13(17)12-9(14)5-6-18-12/h2-6H,1H3. The van der Waals surface area contributed by atoms with Crippen molar-refractivity contribution >= 4 is 38.3 Å². The van der Waals surface area contributed by atoms with E-state index in [0.717, 1.165) is 26.2 Å². The SMILES string of the molecule is Cn1c(-c2sccc2Br)nc2c(C#N)cccc21. The highest BCUT2D eigenvalue weighted by molar-refractivity contribution is 9.10. The Labute approximate surface area is 116 Å². The number of thiophene rings is 1. The lowest BCUT2D eigenvalue weighted by atomic mass is 10.2. The van der Waals surface area contributed by atoms with Crippen LogP contribution in [0.25, 0.3) is 21.7 Å². The molecule has 0 spiro atoms. The summed E-state index contributed by atoms with van der Waals surface area (Å²) in [5, 5.41) is 11.1. The summed E-state index contributed by atoms with van der Waals surface area (Å²) in [6.45, 7) is 0. The van der Waals surface area contributed by atoms with Crippen molar-refractivity contribution in [2.45, 2.75) is 0 Å². The first-order chi connectivity index (χ1) is 8.72. The van der Waals surface area contributed by atoms with Crippen molar-refractivity contribution in [1.29, 1.82) is 5.26 Å². The molecule has 2 aromatic heterocycles. The average molecular weight is 318 g/mol. The van der Waals surface area contributed by atoms with Gasteiger partial charge in [-0.3, -0.25) is 0 Å².